The summed E-state index contributed by atoms with van der Waals surface area (Å²) in [5.74, 6) is 0. The number of anilines is 1. The molecule has 0 saturated heterocycles. The minimum Gasteiger partial charge on any atom is -0.306 e. The fraction of sp³-hybridized carbons (Fsp3) is 0. The normalized spacial score (nSPS) is 14.4. The van der Waals surface area contributed by atoms with Gasteiger partial charge in [0.15, 0.2) is 0 Å². The fourth-order valence-corrected chi connectivity index (χ4v) is 1.52. The number of benzene rings is 1. The van der Waals surface area contributed by atoms with Crippen LogP contribution in [0.4, 0.5) is 10.5 Å². The van der Waals surface area contributed by atoms with Crippen molar-refractivity contribution in [2.24, 2.45) is 0 Å². The van der Waals surface area contributed by atoms with Gasteiger partial charge in [0.2, 0.25) is 0 Å². The van der Waals surface area contributed by atoms with E-state index in [1.807, 2.05) is 30.3 Å². The van der Waals surface area contributed by atoms with Crippen molar-refractivity contribution in [1.29, 1.82) is 0 Å². The first-order chi connectivity index (χ1) is 6.86. The number of carbonyl (C=O) groups is 1. The number of nitrogens with one attached hydrogen (secondary N) is 2. The maximum atomic E-state index is 11.5. The van der Waals surface area contributed by atoms with E-state index in [0.29, 0.717) is 0 Å². The van der Waals surface area contributed by atoms with Gasteiger partial charge in [0.1, 0.15) is 0 Å². The fourth-order valence-electron chi connectivity index (χ4n) is 1.02. The summed E-state index contributed by atoms with van der Waals surface area (Å²) in [4.78, 5) is 14.3. The second-order valence-corrected chi connectivity index (χ2v) is 3.35. The van der Waals surface area contributed by atoms with Crippen LogP contribution in [0.2, 0.25) is 0 Å². The van der Waals surface area contributed by atoms with Crippen molar-refractivity contribution in [3.8, 4) is 0 Å². The number of hydrogen-bond acceptors (Lipinski definition) is 3. The molecule has 1 aromatic rings. The second-order valence-electron chi connectivity index (χ2n) is 2.66. The van der Waals surface area contributed by atoms with Gasteiger partial charge in [0.05, 0.1) is 0 Å². The summed E-state index contributed by atoms with van der Waals surface area (Å²) in [6, 6.07) is 9.13. The molecule has 0 atom stereocenters. The van der Waals surface area contributed by atoms with Crippen molar-refractivity contribution in [3.05, 3.63) is 41.9 Å². The van der Waals surface area contributed by atoms with Crippen LogP contribution in [0.5, 0.6) is 0 Å². The summed E-state index contributed by atoms with van der Waals surface area (Å²) in [7, 11) is 0. The van der Waals surface area contributed by atoms with Crippen LogP contribution < -0.4 is 10.1 Å². The van der Waals surface area contributed by atoms with Crippen molar-refractivity contribution in [2.75, 3.05) is 5.32 Å². The average molecular weight is 207 g/mol. The number of nitrogens with zero attached hydrogens (tertiary/aromatic N) is 1. The lowest BCUT2D eigenvalue weighted by Crippen LogP contribution is -2.35. The van der Waals surface area contributed by atoms with Crippen LogP contribution in [-0.2, 0) is 0 Å². The number of rotatable bonds is 1. The third-order valence-corrected chi connectivity index (χ3v) is 2.23. The number of para-hydroxylation sites is 1. The van der Waals surface area contributed by atoms with Crippen molar-refractivity contribution >= 4 is 23.7 Å². The molecule has 2 N–H and O–H groups in total. The standard InChI is InChI=1S/C9H9N3OS/c13-9(12-6-7-14-11-12)10-8-4-2-1-3-5-8/h1-7,11H,(H,10,13). The summed E-state index contributed by atoms with van der Waals surface area (Å²) in [5, 5.41) is 5.93. The van der Waals surface area contributed by atoms with Crippen LogP contribution in [-0.4, -0.2) is 11.0 Å². The molecule has 0 fully saturated rings. The zero-order valence-corrected chi connectivity index (χ0v) is 8.12. The molecule has 72 valence electrons. The summed E-state index contributed by atoms with van der Waals surface area (Å²) in [6.45, 7) is 0. The highest BCUT2D eigenvalue weighted by molar-refractivity contribution is 8.00. The summed E-state index contributed by atoms with van der Waals surface area (Å²) in [6.07, 6.45) is 1.67. The molecule has 5 heteroatoms. The van der Waals surface area contributed by atoms with Gasteiger partial charge in [0.25, 0.3) is 0 Å². The van der Waals surface area contributed by atoms with Crippen molar-refractivity contribution in [2.45, 2.75) is 0 Å². The third-order valence-electron chi connectivity index (χ3n) is 1.67. The number of hydrogen-bond donors (Lipinski definition) is 2. The van der Waals surface area contributed by atoms with E-state index in [9.17, 15) is 4.79 Å². The summed E-state index contributed by atoms with van der Waals surface area (Å²) < 4.78 is 0. The molecule has 2 rings (SSSR count). The zero-order valence-electron chi connectivity index (χ0n) is 7.31. The Kier molecular flexibility index (Phi) is 2.71. The molecule has 0 saturated carbocycles. The molecule has 1 heterocycles. The van der Waals surface area contributed by atoms with Crippen LogP contribution in [0.25, 0.3) is 0 Å². The highest BCUT2D eigenvalue weighted by atomic mass is 32.2. The lowest BCUT2D eigenvalue weighted by Gasteiger charge is -2.13. The van der Waals surface area contributed by atoms with E-state index in [-0.39, 0.29) is 6.03 Å². The Balaban J connectivity index is 1.98. The van der Waals surface area contributed by atoms with Crippen molar-refractivity contribution in [3.63, 3.8) is 0 Å². The number of carbonyl (C=O) groups excluding carboxylic acids is 1. The van der Waals surface area contributed by atoms with Crippen LogP contribution in [0, 0.1) is 0 Å². The molecule has 0 unspecified atom stereocenters. The number of amides is 2. The Morgan fingerprint density at radius 3 is 2.79 bits per heavy atom. The average Bonchev–Trinajstić information content (AvgIpc) is 2.72. The van der Waals surface area contributed by atoms with E-state index >= 15 is 0 Å². The van der Waals surface area contributed by atoms with Gasteiger partial charge in [-0.05, 0) is 24.1 Å². The van der Waals surface area contributed by atoms with Gasteiger partial charge in [-0.1, -0.05) is 18.2 Å². The predicted octanol–water partition coefficient (Wildman–Crippen LogP) is 2.16. The molecular formula is C9H9N3OS. The molecule has 2 amide bonds. The second kappa shape index (κ2) is 4.17. The summed E-state index contributed by atoms with van der Waals surface area (Å²) in [5.41, 5.74) is 0.782. The minimum atomic E-state index is -0.197. The third kappa shape index (κ3) is 2.07. The molecule has 1 aromatic carbocycles. The van der Waals surface area contributed by atoms with Gasteiger partial charge in [-0.25, -0.2) is 9.80 Å². The van der Waals surface area contributed by atoms with E-state index in [1.165, 1.54) is 17.0 Å². The zero-order chi connectivity index (χ0) is 9.80. The smallest absolute Gasteiger partial charge is 0.306 e. The Bertz CT molecular complexity index is 352. The summed E-state index contributed by atoms with van der Waals surface area (Å²) >= 11 is 1.36. The molecule has 0 radical (unpaired) electrons. The van der Waals surface area contributed by atoms with Gasteiger partial charge in [0, 0.05) is 17.3 Å². The van der Waals surface area contributed by atoms with Gasteiger partial charge >= 0.3 is 6.03 Å². The first-order valence-electron chi connectivity index (χ1n) is 4.09. The van der Waals surface area contributed by atoms with Gasteiger partial charge < -0.3 is 5.32 Å². The first-order valence-corrected chi connectivity index (χ1v) is 4.97. The van der Waals surface area contributed by atoms with Crippen LogP contribution in [0.15, 0.2) is 41.9 Å². The molecule has 4 nitrogen and oxygen atoms in total. The van der Waals surface area contributed by atoms with Crippen molar-refractivity contribution in [1.82, 2.24) is 9.84 Å². The molecule has 0 bridgehead atoms. The highest BCUT2D eigenvalue weighted by Crippen LogP contribution is 2.11. The van der Waals surface area contributed by atoms with E-state index < -0.39 is 0 Å². The van der Waals surface area contributed by atoms with Crippen LogP contribution >= 0.6 is 11.9 Å². The Morgan fingerprint density at radius 2 is 2.14 bits per heavy atom. The molecule has 0 aliphatic carbocycles. The lowest BCUT2D eigenvalue weighted by atomic mass is 10.3. The maximum absolute atomic E-state index is 11.5. The van der Waals surface area contributed by atoms with Gasteiger partial charge in [-0.2, -0.15) is 4.83 Å². The molecule has 1 aliphatic rings. The van der Waals surface area contributed by atoms with E-state index in [4.69, 9.17) is 0 Å². The minimum absolute atomic E-state index is 0.197. The Morgan fingerprint density at radius 1 is 1.36 bits per heavy atom. The largest absolute Gasteiger partial charge is 0.341 e. The van der Waals surface area contributed by atoms with Crippen LogP contribution in [0.3, 0.4) is 0 Å². The molecular weight excluding hydrogens is 198 g/mol. The number of hydrazine groups is 1. The predicted molar refractivity (Wildman–Crippen MR) is 57.2 cm³/mol. The molecule has 0 aromatic heterocycles. The van der Waals surface area contributed by atoms with Crippen molar-refractivity contribution < 1.29 is 4.79 Å². The Hall–Kier alpha value is -1.46. The highest BCUT2D eigenvalue weighted by Gasteiger charge is 2.13. The number of urea groups is 1. The molecule has 0 spiro atoms. The van der Waals surface area contributed by atoms with E-state index in [1.54, 1.807) is 11.6 Å². The van der Waals surface area contributed by atoms with Gasteiger partial charge in [-0.15, -0.1) is 0 Å². The Labute approximate surface area is 86.1 Å². The van der Waals surface area contributed by atoms with Crippen LogP contribution in [0.1, 0.15) is 0 Å². The maximum Gasteiger partial charge on any atom is 0.341 e. The molecule has 1 aliphatic heterocycles. The lowest BCUT2D eigenvalue weighted by molar-refractivity contribution is 0.225. The first kappa shape index (κ1) is 9.11. The SMILES string of the molecule is O=C(Nc1ccccc1)N1C=CSN1. The van der Waals surface area contributed by atoms with Gasteiger partial charge in [-0.3, -0.25) is 0 Å². The van der Waals surface area contributed by atoms with E-state index in [0.717, 1.165) is 5.69 Å². The monoisotopic (exact) mass is 207 g/mol. The quantitative estimate of drug-likeness (QED) is 0.693. The topological polar surface area (TPSA) is 44.4 Å². The van der Waals surface area contributed by atoms with E-state index in [2.05, 4.69) is 10.1 Å². The molecule has 14 heavy (non-hydrogen) atoms.